The van der Waals surface area contributed by atoms with Crippen LogP contribution >= 0.6 is 11.8 Å². The third-order valence-electron chi connectivity index (χ3n) is 5.22. The standard InChI is InChI=1S/C21H21FN2O4S/c1-27-16-8-7-14-17(18(16)28-2)20(26)24-15(11-29-21(14)24)19(25)23-10-9-12-3-5-13(22)6-4-12/h3-8,15,21H,9-11H2,1-2H3,(H,23,25). The fourth-order valence-corrected chi connectivity index (χ4v) is 5.25. The van der Waals surface area contributed by atoms with E-state index in [4.69, 9.17) is 9.47 Å². The molecule has 0 radical (unpaired) electrons. The topological polar surface area (TPSA) is 67.9 Å². The minimum Gasteiger partial charge on any atom is -0.493 e. The molecule has 0 bridgehead atoms. The first kappa shape index (κ1) is 19.6. The number of methoxy groups -OCH3 is 2. The molecule has 2 aromatic rings. The second-order valence-corrected chi connectivity index (χ2v) is 7.96. The Morgan fingerprint density at radius 1 is 1.21 bits per heavy atom. The predicted octanol–water partition coefficient (Wildman–Crippen LogP) is 2.77. The molecule has 1 N–H and O–H groups in total. The van der Waals surface area contributed by atoms with Gasteiger partial charge in [-0.3, -0.25) is 9.59 Å². The molecule has 1 saturated heterocycles. The summed E-state index contributed by atoms with van der Waals surface area (Å²) in [4.78, 5) is 27.5. The summed E-state index contributed by atoms with van der Waals surface area (Å²) in [5, 5.41) is 2.70. The van der Waals surface area contributed by atoms with Crippen LogP contribution in [0.2, 0.25) is 0 Å². The van der Waals surface area contributed by atoms with E-state index >= 15 is 0 Å². The third-order valence-corrected chi connectivity index (χ3v) is 6.53. The van der Waals surface area contributed by atoms with Crippen LogP contribution in [-0.2, 0) is 11.2 Å². The van der Waals surface area contributed by atoms with E-state index in [1.807, 2.05) is 6.07 Å². The molecular weight excluding hydrogens is 395 g/mol. The molecule has 2 amide bonds. The van der Waals surface area contributed by atoms with Gasteiger partial charge in [-0.05, 0) is 30.2 Å². The van der Waals surface area contributed by atoms with Crippen molar-refractivity contribution in [3.63, 3.8) is 0 Å². The van der Waals surface area contributed by atoms with Gasteiger partial charge in [0.05, 0.1) is 19.8 Å². The second kappa shape index (κ2) is 7.94. The van der Waals surface area contributed by atoms with Gasteiger partial charge in [-0.25, -0.2) is 4.39 Å². The Kier molecular flexibility index (Phi) is 5.36. The summed E-state index contributed by atoms with van der Waals surface area (Å²) in [7, 11) is 3.03. The monoisotopic (exact) mass is 416 g/mol. The van der Waals surface area contributed by atoms with Gasteiger partial charge >= 0.3 is 0 Å². The van der Waals surface area contributed by atoms with Gasteiger partial charge in [0.1, 0.15) is 17.2 Å². The molecule has 2 atom stereocenters. The summed E-state index contributed by atoms with van der Waals surface area (Å²) < 4.78 is 23.7. The normalized spacial score (nSPS) is 19.7. The summed E-state index contributed by atoms with van der Waals surface area (Å²) in [6.45, 7) is 0.419. The molecule has 0 aromatic heterocycles. The first-order chi connectivity index (χ1) is 14.0. The molecule has 4 rings (SSSR count). The Labute approximate surface area is 172 Å². The Morgan fingerprint density at radius 3 is 2.66 bits per heavy atom. The van der Waals surface area contributed by atoms with Crippen molar-refractivity contribution >= 4 is 23.6 Å². The maximum absolute atomic E-state index is 13.1. The Morgan fingerprint density at radius 2 is 1.97 bits per heavy atom. The lowest BCUT2D eigenvalue weighted by atomic mass is 10.1. The highest BCUT2D eigenvalue weighted by Gasteiger charge is 2.50. The molecular formula is C21H21FN2O4S. The summed E-state index contributed by atoms with van der Waals surface area (Å²) in [5.74, 6) is 0.739. The lowest BCUT2D eigenvalue weighted by Crippen LogP contribution is -2.46. The number of nitrogens with one attached hydrogen (secondary N) is 1. The molecule has 0 aliphatic carbocycles. The number of ether oxygens (including phenoxy) is 2. The van der Waals surface area contributed by atoms with E-state index in [0.29, 0.717) is 35.8 Å². The molecule has 29 heavy (non-hydrogen) atoms. The molecule has 8 heteroatoms. The van der Waals surface area contributed by atoms with E-state index in [1.165, 1.54) is 26.4 Å². The molecule has 2 heterocycles. The number of hydrogen-bond acceptors (Lipinski definition) is 5. The highest BCUT2D eigenvalue weighted by Crippen LogP contribution is 2.52. The molecule has 152 valence electrons. The minimum absolute atomic E-state index is 0.186. The van der Waals surface area contributed by atoms with E-state index in [2.05, 4.69) is 5.32 Å². The van der Waals surface area contributed by atoms with Crippen LogP contribution < -0.4 is 14.8 Å². The van der Waals surface area contributed by atoms with Crippen LogP contribution in [0.15, 0.2) is 36.4 Å². The number of hydrogen-bond donors (Lipinski definition) is 1. The Hall–Kier alpha value is -2.74. The molecule has 2 aromatic carbocycles. The summed E-state index contributed by atoms with van der Waals surface area (Å²) in [5.41, 5.74) is 2.25. The minimum atomic E-state index is -0.547. The molecule has 2 aliphatic heterocycles. The molecule has 0 spiro atoms. The van der Waals surface area contributed by atoms with Crippen LogP contribution in [0.5, 0.6) is 11.5 Å². The SMILES string of the molecule is COc1ccc2c(c1OC)C(=O)N1C(C(=O)NCCc3ccc(F)cc3)CSC21. The van der Waals surface area contributed by atoms with Crippen molar-refractivity contribution in [3.05, 3.63) is 58.9 Å². The van der Waals surface area contributed by atoms with E-state index < -0.39 is 6.04 Å². The maximum Gasteiger partial charge on any atom is 0.260 e. The maximum atomic E-state index is 13.1. The van der Waals surface area contributed by atoms with Crippen LogP contribution in [0.3, 0.4) is 0 Å². The first-order valence-electron chi connectivity index (χ1n) is 9.26. The number of nitrogens with zero attached hydrogens (tertiary/aromatic N) is 1. The predicted molar refractivity (Wildman–Crippen MR) is 108 cm³/mol. The van der Waals surface area contributed by atoms with Crippen LogP contribution in [0.4, 0.5) is 4.39 Å². The van der Waals surface area contributed by atoms with Gasteiger partial charge in [0.25, 0.3) is 5.91 Å². The highest BCUT2D eigenvalue weighted by atomic mass is 32.2. The second-order valence-electron chi connectivity index (χ2n) is 6.85. The number of carbonyl (C=O) groups excluding carboxylic acids is 2. The molecule has 6 nitrogen and oxygen atoms in total. The highest BCUT2D eigenvalue weighted by molar-refractivity contribution is 7.99. The smallest absolute Gasteiger partial charge is 0.260 e. The number of halogens is 1. The number of rotatable bonds is 6. The van der Waals surface area contributed by atoms with Gasteiger partial charge in [0.15, 0.2) is 11.5 Å². The molecule has 2 unspecified atom stereocenters. The van der Waals surface area contributed by atoms with Crippen molar-refractivity contribution in [2.24, 2.45) is 0 Å². The zero-order chi connectivity index (χ0) is 20.5. The van der Waals surface area contributed by atoms with Gasteiger partial charge in [0.2, 0.25) is 5.91 Å². The molecule has 2 aliphatic rings. The van der Waals surface area contributed by atoms with Crippen LogP contribution in [0.25, 0.3) is 0 Å². The Bertz CT molecular complexity index is 950. The molecule has 1 fully saturated rings. The van der Waals surface area contributed by atoms with Gasteiger partial charge in [0, 0.05) is 17.9 Å². The largest absolute Gasteiger partial charge is 0.493 e. The quantitative estimate of drug-likeness (QED) is 0.784. The van der Waals surface area contributed by atoms with Crippen LogP contribution in [0, 0.1) is 5.82 Å². The number of thioether (sulfide) groups is 1. The average molecular weight is 416 g/mol. The van der Waals surface area contributed by atoms with Crippen molar-refractivity contribution in [1.82, 2.24) is 10.2 Å². The van der Waals surface area contributed by atoms with Crippen molar-refractivity contribution in [2.45, 2.75) is 17.8 Å². The van der Waals surface area contributed by atoms with E-state index in [-0.39, 0.29) is 23.0 Å². The average Bonchev–Trinajstić information content (AvgIpc) is 3.28. The van der Waals surface area contributed by atoms with Crippen molar-refractivity contribution < 1.29 is 23.5 Å². The number of benzene rings is 2. The number of carbonyl (C=O) groups is 2. The lowest BCUT2D eigenvalue weighted by Gasteiger charge is -2.22. The van der Waals surface area contributed by atoms with E-state index in [9.17, 15) is 14.0 Å². The summed E-state index contributed by atoms with van der Waals surface area (Å²) in [6.07, 6.45) is 0.592. The number of amides is 2. The van der Waals surface area contributed by atoms with Crippen LogP contribution in [-0.4, -0.2) is 49.3 Å². The van der Waals surface area contributed by atoms with Gasteiger partial charge in [-0.1, -0.05) is 18.2 Å². The van der Waals surface area contributed by atoms with Gasteiger partial charge in [-0.2, -0.15) is 0 Å². The molecule has 0 saturated carbocycles. The summed E-state index contributed by atoms with van der Waals surface area (Å²) in [6, 6.07) is 9.29. The Balaban J connectivity index is 1.46. The fraction of sp³-hybridized carbons (Fsp3) is 0.333. The number of fused-ring (bicyclic) bond motifs is 3. The van der Waals surface area contributed by atoms with Crippen molar-refractivity contribution in [2.75, 3.05) is 26.5 Å². The van der Waals surface area contributed by atoms with Gasteiger partial charge in [-0.15, -0.1) is 11.8 Å². The third kappa shape index (κ3) is 3.42. The van der Waals surface area contributed by atoms with Crippen molar-refractivity contribution in [3.8, 4) is 11.5 Å². The lowest BCUT2D eigenvalue weighted by molar-refractivity contribution is -0.124. The fourth-order valence-electron chi connectivity index (χ4n) is 3.79. The van der Waals surface area contributed by atoms with Gasteiger partial charge < -0.3 is 19.7 Å². The van der Waals surface area contributed by atoms with E-state index in [0.717, 1.165) is 11.1 Å². The van der Waals surface area contributed by atoms with Crippen molar-refractivity contribution in [1.29, 1.82) is 0 Å². The first-order valence-corrected chi connectivity index (χ1v) is 10.3. The van der Waals surface area contributed by atoms with E-state index in [1.54, 1.807) is 34.9 Å². The zero-order valence-corrected chi connectivity index (χ0v) is 16.9. The zero-order valence-electron chi connectivity index (χ0n) is 16.1. The van der Waals surface area contributed by atoms with Crippen LogP contribution in [0.1, 0.15) is 26.9 Å². The summed E-state index contributed by atoms with van der Waals surface area (Å²) >= 11 is 1.57.